The van der Waals surface area contributed by atoms with Gasteiger partial charge in [0, 0.05) is 0 Å². The van der Waals surface area contributed by atoms with Gasteiger partial charge in [-0.3, -0.25) is 9.69 Å². The van der Waals surface area contributed by atoms with Gasteiger partial charge >= 0.3 is 12.1 Å². The summed E-state index contributed by atoms with van der Waals surface area (Å²) in [7, 11) is 0. The van der Waals surface area contributed by atoms with E-state index < -0.39 is 36.4 Å². The monoisotopic (exact) mass is 605 g/mol. The largest absolute Gasteiger partial charge is 0.460 e. The van der Waals surface area contributed by atoms with E-state index in [-0.39, 0.29) is 26.4 Å². The number of ether oxygens (including phenoxy) is 4. The Labute approximate surface area is 262 Å². The molecule has 1 fully saturated rings. The molecule has 1 amide bonds. The van der Waals surface area contributed by atoms with Crippen LogP contribution in [0, 0.1) is 0 Å². The lowest BCUT2D eigenvalue weighted by Gasteiger charge is -2.29. The number of hydrogen-bond donors (Lipinski definition) is 0. The number of likely N-dealkylation sites (tertiary alicyclic amines) is 1. The summed E-state index contributed by atoms with van der Waals surface area (Å²) in [5.41, 5.74) is 3.04. The number of carbonyl (C=O) groups is 3. The van der Waals surface area contributed by atoms with Gasteiger partial charge in [-0.25, -0.2) is 9.59 Å². The van der Waals surface area contributed by atoms with Crippen LogP contribution in [-0.2, 0) is 43.6 Å². The molecule has 1 heterocycles. The fourth-order valence-corrected chi connectivity index (χ4v) is 5.29. The third-order valence-corrected chi connectivity index (χ3v) is 7.49. The molecule has 0 radical (unpaired) electrons. The van der Waals surface area contributed by atoms with E-state index in [0.717, 1.165) is 16.7 Å². The smallest absolute Gasteiger partial charge is 0.411 e. The van der Waals surface area contributed by atoms with Gasteiger partial charge in [0.1, 0.15) is 31.7 Å². The van der Waals surface area contributed by atoms with Crippen LogP contribution in [0.2, 0.25) is 0 Å². The van der Waals surface area contributed by atoms with Gasteiger partial charge in [-0.15, -0.1) is 0 Å². The fraction of sp³-hybridized carbons (Fsp3) is 0.216. The minimum absolute atomic E-state index is 0.0297. The molecule has 0 bridgehead atoms. The second-order valence-corrected chi connectivity index (χ2v) is 10.5. The normalized spacial score (nSPS) is 19.3. The summed E-state index contributed by atoms with van der Waals surface area (Å²) >= 11 is 0. The molecule has 4 aromatic carbocycles. The molecular weight excluding hydrogens is 570 g/mol. The molecule has 1 saturated heterocycles. The summed E-state index contributed by atoms with van der Waals surface area (Å²) < 4.78 is 24.6. The van der Waals surface area contributed by atoms with Crippen LogP contribution in [0.3, 0.4) is 0 Å². The third-order valence-electron chi connectivity index (χ3n) is 7.49. The van der Waals surface area contributed by atoms with E-state index in [1.165, 1.54) is 11.0 Å². The molecule has 0 saturated carbocycles. The zero-order valence-electron chi connectivity index (χ0n) is 24.7. The topological polar surface area (TPSA) is 91.4 Å². The Balaban J connectivity index is 1.47. The highest BCUT2D eigenvalue weighted by Crippen LogP contribution is 2.34. The maximum absolute atomic E-state index is 13.9. The molecule has 45 heavy (non-hydrogen) atoms. The summed E-state index contributed by atoms with van der Waals surface area (Å²) in [6.07, 6.45) is 1.44. The predicted octanol–water partition coefficient (Wildman–Crippen LogP) is 6.16. The summed E-state index contributed by atoms with van der Waals surface area (Å²) in [6, 6.07) is 35.7. The Hall–Kier alpha value is -5.05. The highest BCUT2D eigenvalue weighted by molar-refractivity contribution is 5.89. The van der Waals surface area contributed by atoms with Crippen molar-refractivity contribution >= 4 is 18.3 Å². The zero-order valence-corrected chi connectivity index (χ0v) is 24.7. The lowest BCUT2D eigenvalue weighted by Crippen LogP contribution is -2.46. The fourth-order valence-electron chi connectivity index (χ4n) is 5.29. The molecule has 0 N–H and O–H groups in total. The Morgan fingerprint density at radius 2 is 1.11 bits per heavy atom. The molecule has 0 unspecified atom stereocenters. The molecule has 1 aliphatic heterocycles. The van der Waals surface area contributed by atoms with Crippen molar-refractivity contribution in [1.29, 1.82) is 0 Å². The van der Waals surface area contributed by atoms with Gasteiger partial charge in [-0.1, -0.05) is 115 Å². The summed E-state index contributed by atoms with van der Waals surface area (Å²) in [5.74, 6) is -0.538. The average molecular weight is 606 g/mol. The molecule has 4 atom stereocenters. The number of nitrogens with zero attached hydrogens (tertiary/aromatic N) is 1. The van der Waals surface area contributed by atoms with E-state index in [2.05, 4.69) is 0 Å². The zero-order chi connectivity index (χ0) is 31.3. The SMILES string of the molecule is O=C/C=C/[C@@H]1[C@@H](OCc2ccccc2)[C@H](OCc2ccccc2)[C@H](COC(=O)c2ccccc2)N1C(=O)OCc1ccccc1. The first-order valence-electron chi connectivity index (χ1n) is 14.8. The van der Waals surface area contributed by atoms with Crippen molar-refractivity contribution in [2.24, 2.45) is 0 Å². The van der Waals surface area contributed by atoms with Crippen LogP contribution in [0.25, 0.3) is 0 Å². The Bertz CT molecular complexity index is 1530. The molecule has 8 nitrogen and oxygen atoms in total. The summed E-state index contributed by atoms with van der Waals surface area (Å²) in [6.45, 7) is 0.286. The Morgan fingerprint density at radius 3 is 1.64 bits per heavy atom. The van der Waals surface area contributed by atoms with Crippen LogP contribution in [0.4, 0.5) is 4.79 Å². The number of hydrogen-bond acceptors (Lipinski definition) is 7. The van der Waals surface area contributed by atoms with E-state index >= 15 is 0 Å². The average Bonchev–Trinajstić information content (AvgIpc) is 3.40. The van der Waals surface area contributed by atoms with Crippen molar-refractivity contribution in [2.75, 3.05) is 6.61 Å². The molecule has 8 heteroatoms. The minimum Gasteiger partial charge on any atom is -0.460 e. The van der Waals surface area contributed by atoms with Crippen LogP contribution in [0.5, 0.6) is 0 Å². The van der Waals surface area contributed by atoms with Crippen molar-refractivity contribution in [3.8, 4) is 0 Å². The van der Waals surface area contributed by atoms with Crippen molar-refractivity contribution in [3.63, 3.8) is 0 Å². The van der Waals surface area contributed by atoms with E-state index in [9.17, 15) is 14.4 Å². The molecule has 4 aromatic rings. The second kappa shape index (κ2) is 16.1. The number of aldehydes is 1. The first kappa shape index (κ1) is 31.4. The van der Waals surface area contributed by atoms with Crippen LogP contribution in [-0.4, -0.2) is 54.1 Å². The maximum Gasteiger partial charge on any atom is 0.411 e. The predicted molar refractivity (Wildman–Crippen MR) is 168 cm³/mol. The van der Waals surface area contributed by atoms with Crippen LogP contribution in [0.15, 0.2) is 133 Å². The lowest BCUT2D eigenvalue weighted by atomic mass is 10.1. The quantitative estimate of drug-likeness (QED) is 0.102. The van der Waals surface area contributed by atoms with Crippen molar-refractivity contribution in [2.45, 2.75) is 44.1 Å². The van der Waals surface area contributed by atoms with Crippen molar-refractivity contribution in [3.05, 3.63) is 156 Å². The highest BCUT2D eigenvalue weighted by atomic mass is 16.6. The van der Waals surface area contributed by atoms with Gasteiger partial charge < -0.3 is 18.9 Å². The van der Waals surface area contributed by atoms with Gasteiger partial charge in [0.25, 0.3) is 0 Å². The number of allylic oxidation sites excluding steroid dienone is 1. The summed E-state index contributed by atoms with van der Waals surface area (Å²) in [4.78, 5) is 39.9. The number of esters is 1. The number of amides is 1. The third kappa shape index (κ3) is 8.53. The van der Waals surface area contributed by atoms with Gasteiger partial charge in [-0.05, 0) is 34.9 Å². The molecule has 230 valence electrons. The minimum atomic E-state index is -0.799. The second-order valence-electron chi connectivity index (χ2n) is 10.5. The van der Waals surface area contributed by atoms with E-state index in [4.69, 9.17) is 18.9 Å². The highest BCUT2D eigenvalue weighted by Gasteiger charge is 2.53. The summed E-state index contributed by atoms with van der Waals surface area (Å²) in [5, 5.41) is 0. The van der Waals surface area contributed by atoms with Gasteiger partial charge in [0.2, 0.25) is 0 Å². The molecule has 0 aliphatic carbocycles. The molecule has 0 spiro atoms. The lowest BCUT2D eigenvalue weighted by molar-refractivity contribution is -0.104. The van der Waals surface area contributed by atoms with E-state index in [1.54, 1.807) is 30.3 Å². The van der Waals surface area contributed by atoms with Gasteiger partial charge in [0.05, 0.1) is 30.9 Å². The van der Waals surface area contributed by atoms with E-state index in [0.29, 0.717) is 11.8 Å². The van der Waals surface area contributed by atoms with Crippen molar-refractivity contribution < 1.29 is 33.3 Å². The van der Waals surface area contributed by atoms with Crippen LogP contribution >= 0.6 is 0 Å². The molecule has 0 aromatic heterocycles. The van der Waals surface area contributed by atoms with Gasteiger partial charge in [0.15, 0.2) is 0 Å². The first-order chi connectivity index (χ1) is 22.1. The van der Waals surface area contributed by atoms with Crippen molar-refractivity contribution in [1.82, 2.24) is 4.90 Å². The van der Waals surface area contributed by atoms with E-state index in [1.807, 2.05) is 97.1 Å². The number of rotatable bonds is 13. The maximum atomic E-state index is 13.9. The van der Waals surface area contributed by atoms with Crippen LogP contribution in [0.1, 0.15) is 27.0 Å². The Kier molecular flexibility index (Phi) is 11.3. The first-order valence-corrected chi connectivity index (χ1v) is 14.8. The Morgan fingerprint density at radius 1 is 0.622 bits per heavy atom. The standard InChI is InChI=1S/C37H35NO7/c39-23-13-22-32-34(42-24-28-14-5-1-6-15-28)35(43-25-29-16-7-2-8-17-29)33(27-44-36(40)31-20-11-4-12-21-31)38(32)37(41)45-26-30-18-9-3-10-19-30/h1-23,32-35H,24-27H2/b22-13+/t32-,33+,34-,35-/m1/s1. The van der Waals surface area contributed by atoms with Crippen LogP contribution < -0.4 is 0 Å². The number of benzene rings is 4. The molecule has 5 rings (SSSR count). The number of carbonyl (C=O) groups excluding carboxylic acids is 3. The molecule has 1 aliphatic rings. The van der Waals surface area contributed by atoms with Gasteiger partial charge in [-0.2, -0.15) is 0 Å². The molecular formula is C37H35NO7.